The van der Waals surface area contributed by atoms with Crippen molar-refractivity contribution >= 4 is 11.8 Å². The van der Waals surface area contributed by atoms with Gasteiger partial charge in [0.2, 0.25) is 0 Å². The highest BCUT2D eigenvalue weighted by Gasteiger charge is 2.03. The van der Waals surface area contributed by atoms with Crippen molar-refractivity contribution < 1.29 is 0 Å². The van der Waals surface area contributed by atoms with Gasteiger partial charge in [-0.15, -0.1) is 11.8 Å². The van der Waals surface area contributed by atoms with Crippen LogP contribution in [0.15, 0.2) is 35.2 Å². The van der Waals surface area contributed by atoms with Crippen molar-refractivity contribution in [2.45, 2.75) is 37.2 Å². The molecule has 0 aliphatic carbocycles. The van der Waals surface area contributed by atoms with E-state index in [4.69, 9.17) is 5.73 Å². The maximum atomic E-state index is 6.05. The Bertz CT molecular complexity index is 275. The smallest absolute Gasteiger partial charge is 0.0146 e. The molecular formula is C13H22N2S. The summed E-state index contributed by atoms with van der Waals surface area (Å²) >= 11 is 1.83. The van der Waals surface area contributed by atoms with Crippen LogP contribution in [0.4, 0.5) is 0 Å². The van der Waals surface area contributed by atoms with Crippen LogP contribution in [0.5, 0.6) is 0 Å². The number of hydrogen-bond donors (Lipinski definition) is 2. The van der Waals surface area contributed by atoms with E-state index in [2.05, 4.69) is 43.4 Å². The van der Waals surface area contributed by atoms with Crippen molar-refractivity contribution in [2.75, 3.05) is 12.3 Å². The van der Waals surface area contributed by atoms with E-state index in [9.17, 15) is 0 Å². The van der Waals surface area contributed by atoms with Crippen molar-refractivity contribution in [3.8, 4) is 0 Å². The molecule has 2 nitrogen and oxygen atoms in total. The molecule has 0 heterocycles. The van der Waals surface area contributed by atoms with Crippen molar-refractivity contribution in [3.05, 3.63) is 30.3 Å². The molecule has 0 bridgehead atoms. The Morgan fingerprint density at radius 1 is 1.25 bits per heavy atom. The summed E-state index contributed by atoms with van der Waals surface area (Å²) in [7, 11) is 0. The van der Waals surface area contributed by atoms with Gasteiger partial charge in [-0.3, -0.25) is 0 Å². The number of rotatable bonds is 7. The van der Waals surface area contributed by atoms with Crippen LogP contribution < -0.4 is 11.1 Å². The van der Waals surface area contributed by atoms with Crippen LogP contribution in [0.2, 0.25) is 0 Å². The van der Waals surface area contributed by atoms with Gasteiger partial charge in [0, 0.05) is 22.7 Å². The maximum absolute atomic E-state index is 6.05. The third-order valence-corrected chi connectivity index (χ3v) is 3.48. The van der Waals surface area contributed by atoms with E-state index in [1.807, 2.05) is 17.8 Å². The van der Waals surface area contributed by atoms with Gasteiger partial charge in [0.05, 0.1) is 0 Å². The highest BCUT2D eigenvalue weighted by atomic mass is 32.2. The van der Waals surface area contributed by atoms with Crippen LogP contribution in [-0.4, -0.2) is 24.4 Å². The molecule has 0 saturated heterocycles. The third-order valence-electron chi connectivity index (χ3n) is 2.27. The zero-order valence-electron chi connectivity index (χ0n) is 10.1. The second-order valence-corrected chi connectivity index (χ2v) is 5.38. The average molecular weight is 238 g/mol. The fourth-order valence-electron chi connectivity index (χ4n) is 1.36. The molecule has 90 valence electrons. The second-order valence-electron chi connectivity index (χ2n) is 4.28. The average Bonchev–Trinajstić information content (AvgIpc) is 2.27. The molecule has 0 aliphatic rings. The summed E-state index contributed by atoms with van der Waals surface area (Å²) < 4.78 is 0. The first-order valence-corrected chi connectivity index (χ1v) is 6.84. The molecule has 0 radical (unpaired) electrons. The first-order valence-electron chi connectivity index (χ1n) is 5.85. The first kappa shape index (κ1) is 13.6. The Labute approximate surface area is 103 Å². The van der Waals surface area contributed by atoms with Crippen LogP contribution in [0, 0.1) is 0 Å². The highest BCUT2D eigenvalue weighted by molar-refractivity contribution is 7.99. The molecule has 3 heteroatoms. The van der Waals surface area contributed by atoms with Crippen molar-refractivity contribution in [3.63, 3.8) is 0 Å². The van der Waals surface area contributed by atoms with E-state index < -0.39 is 0 Å². The zero-order valence-corrected chi connectivity index (χ0v) is 11.0. The Kier molecular flexibility index (Phi) is 6.53. The summed E-state index contributed by atoms with van der Waals surface area (Å²) in [6, 6.07) is 11.2. The Morgan fingerprint density at radius 2 is 1.94 bits per heavy atom. The molecule has 0 aromatic heterocycles. The lowest BCUT2D eigenvalue weighted by atomic mass is 10.2. The minimum absolute atomic E-state index is 0.274. The Morgan fingerprint density at radius 3 is 2.56 bits per heavy atom. The molecule has 0 unspecified atom stereocenters. The molecule has 0 spiro atoms. The van der Waals surface area contributed by atoms with Gasteiger partial charge < -0.3 is 11.1 Å². The van der Waals surface area contributed by atoms with E-state index >= 15 is 0 Å². The summed E-state index contributed by atoms with van der Waals surface area (Å²) in [5, 5.41) is 3.39. The van der Waals surface area contributed by atoms with Gasteiger partial charge in [-0.05, 0) is 25.1 Å². The summed E-state index contributed by atoms with van der Waals surface area (Å²) in [6.07, 6.45) is 1.04. The number of thioether (sulfide) groups is 1. The lowest BCUT2D eigenvalue weighted by Gasteiger charge is -2.13. The SMILES string of the molecule is CC(C)NCC[C@@H](N)CSc1ccccc1. The number of benzene rings is 1. The molecule has 1 atom stereocenters. The van der Waals surface area contributed by atoms with Crippen LogP contribution in [0.25, 0.3) is 0 Å². The maximum Gasteiger partial charge on any atom is 0.0146 e. The number of nitrogens with two attached hydrogens (primary N) is 1. The van der Waals surface area contributed by atoms with Gasteiger partial charge >= 0.3 is 0 Å². The molecule has 0 aliphatic heterocycles. The van der Waals surface area contributed by atoms with E-state index in [1.165, 1.54) is 4.90 Å². The molecule has 16 heavy (non-hydrogen) atoms. The molecule has 0 fully saturated rings. The number of nitrogens with one attached hydrogen (secondary N) is 1. The van der Waals surface area contributed by atoms with E-state index in [1.54, 1.807) is 0 Å². The van der Waals surface area contributed by atoms with E-state index in [0.29, 0.717) is 6.04 Å². The standard InChI is InChI=1S/C13H22N2S/c1-11(2)15-9-8-12(14)10-16-13-6-4-3-5-7-13/h3-7,11-12,15H,8-10,14H2,1-2H3/t12-/m1/s1. The van der Waals surface area contributed by atoms with Crippen molar-refractivity contribution in [1.29, 1.82) is 0 Å². The molecule has 0 amide bonds. The number of hydrogen-bond acceptors (Lipinski definition) is 3. The molecule has 0 saturated carbocycles. The van der Waals surface area contributed by atoms with Crippen LogP contribution in [0.1, 0.15) is 20.3 Å². The van der Waals surface area contributed by atoms with Gasteiger partial charge in [-0.25, -0.2) is 0 Å². The van der Waals surface area contributed by atoms with Crippen LogP contribution >= 0.6 is 11.8 Å². The molecular weight excluding hydrogens is 216 g/mol. The lowest BCUT2D eigenvalue weighted by molar-refractivity contribution is 0.541. The van der Waals surface area contributed by atoms with Crippen molar-refractivity contribution in [1.82, 2.24) is 5.32 Å². The summed E-state index contributed by atoms with van der Waals surface area (Å²) in [6.45, 7) is 5.32. The van der Waals surface area contributed by atoms with Crippen LogP contribution in [0.3, 0.4) is 0 Å². The normalized spacial score (nSPS) is 13.0. The fraction of sp³-hybridized carbons (Fsp3) is 0.538. The lowest BCUT2D eigenvalue weighted by Crippen LogP contribution is -2.31. The predicted octanol–water partition coefficient (Wildman–Crippen LogP) is 2.49. The first-order chi connectivity index (χ1) is 7.68. The molecule has 1 rings (SSSR count). The van der Waals surface area contributed by atoms with Gasteiger partial charge in [-0.1, -0.05) is 32.0 Å². The summed E-state index contributed by atoms with van der Waals surface area (Å²) in [4.78, 5) is 1.30. The quantitative estimate of drug-likeness (QED) is 0.717. The Balaban J connectivity index is 2.13. The minimum atomic E-state index is 0.274. The van der Waals surface area contributed by atoms with Gasteiger partial charge in [-0.2, -0.15) is 0 Å². The topological polar surface area (TPSA) is 38.0 Å². The van der Waals surface area contributed by atoms with Gasteiger partial charge in [0.1, 0.15) is 0 Å². The molecule has 3 N–H and O–H groups in total. The van der Waals surface area contributed by atoms with Gasteiger partial charge in [0.25, 0.3) is 0 Å². The van der Waals surface area contributed by atoms with Crippen LogP contribution in [-0.2, 0) is 0 Å². The fourth-order valence-corrected chi connectivity index (χ4v) is 2.28. The second kappa shape index (κ2) is 7.71. The summed E-state index contributed by atoms with van der Waals surface area (Å²) in [5.74, 6) is 0.990. The summed E-state index contributed by atoms with van der Waals surface area (Å²) in [5.41, 5.74) is 6.05. The zero-order chi connectivity index (χ0) is 11.8. The monoisotopic (exact) mass is 238 g/mol. The predicted molar refractivity (Wildman–Crippen MR) is 72.9 cm³/mol. The molecule has 1 aromatic carbocycles. The Hall–Kier alpha value is -0.510. The molecule has 1 aromatic rings. The van der Waals surface area contributed by atoms with Gasteiger partial charge in [0.15, 0.2) is 0 Å². The third kappa shape index (κ3) is 6.16. The van der Waals surface area contributed by atoms with E-state index in [0.717, 1.165) is 18.7 Å². The van der Waals surface area contributed by atoms with Crippen molar-refractivity contribution in [2.24, 2.45) is 5.73 Å². The largest absolute Gasteiger partial charge is 0.327 e. The van der Waals surface area contributed by atoms with E-state index in [-0.39, 0.29) is 6.04 Å². The minimum Gasteiger partial charge on any atom is -0.327 e. The highest BCUT2D eigenvalue weighted by Crippen LogP contribution is 2.17.